The Labute approximate surface area is 93.3 Å². The zero-order chi connectivity index (χ0) is 10.4. The van der Waals surface area contributed by atoms with Crippen molar-refractivity contribution >= 4 is 15.9 Å². The molecule has 0 spiro atoms. The van der Waals surface area contributed by atoms with Crippen molar-refractivity contribution in [3.8, 4) is 0 Å². The number of benzene rings is 1. The van der Waals surface area contributed by atoms with Crippen molar-refractivity contribution in [3.05, 3.63) is 34.3 Å². The number of nitrogens with two attached hydrogens (primary N) is 1. The average Bonchev–Trinajstić information content (AvgIpc) is 2.21. The summed E-state index contributed by atoms with van der Waals surface area (Å²) in [5.41, 5.74) is 6.94. The number of halogens is 1. The largest absolute Gasteiger partial charge is 0.396 e. The van der Waals surface area contributed by atoms with Crippen LogP contribution in [0.5, 0.6) is 0 Å². The highest BCUT2D eigenvalue weighted by Crippen LogP contribution is 2.21. The molecule has 14 heavy (non-hydrogen) atoms. The Morgan fingerprint density at radius 2 is 1.93 bits per heavy atom. The van der Waals surface area contributed by atoms with Crippen LogP contribution in [-0.4, -0.2) is 18.3 Å². The first-order valence-corrected chi connectivity index (χ1v) is 5.63. The van der Waals surface area contributed by atoms with Crippen molar-refractivity contribution in [3.63, 3.8) is 0 Å². The molecule has 0 aliphatic heterocycles. The summed E-state index contributed by atoms with van der Waals surface area (Å²) in [5, 5.41) is 8.75. The van der Waals surface area contributed by atoms with Crippen LogP contribution in [0.15, 0.2) is 28.7 Å². The molecule has 1 aromatic carbocycles. The molecule has 2 nitrogen and oxygen atoms in total. The van der Waals surface area contributed by atoms with Gasteiger partial charge in [0.15, 0.2) is 0 Å². The van der Waals surface area contributed by atoms with Gasteiger partial charge in [0.1, 0.15) is 0 Å². The van der Waals surface area contributed by atoms with Gasteiger partial charge < -0.3 is 10.8 Å². The first-order valence-electron chi connectivity index (χ1n) is 4.84. The molecule has 0 saturated heterocycles. The number of hydrogen-bond donors (Lipinski definition) is 2. The second-order valence-electron chi connectivity index (χ2n) is 3.35. The Bertz CT molecular complexity index is 260. The van der Waals surface area contributed by atoms with E-state index >= 15 is 0 Å². The zero-order valence-corrected chi connectivity index (χ0v) is 9.70. The van der Waals surface area contributed by atoms with Crippen LogP contribution in [-0.2, 0) is 0 Å². The Morgan fingerprint density at radius 3 is 2.43 bits per heavy atom. The molecule has 0 aliphatic rings. The highest BCUT2D eigenvalue weighted by atomic mass is 79.9. The SMILES string of the molecule is NCC(CCCO)c1ccc(Br)cc1. The van der Waals surface area contributed by atoms with Crippen LogP contribution in [0.25, 0.3) is 0 Å². The fourth-order valence-corrected chi connectivity index (χ4v) is 1.76. The monoisotopic (exact) mass is 257 g/mol. The van der Waals surface area contributed by atoms with Gasteiger partial charge in [0.05, 0.1) is 0 Å². The molecule has 1 rings (SSSR count). The predicted octanol–water partition coefficient (Wildman–Crippen LogP) is 2.26. The van der Waals surface area contributed by atoms with Gasteiger partial charge in [0, 0.05) is 11.1 Å². The lowest BCUT2D eigenvalue weighted by atomic mass is 9.95. The van der Waals surface area contributed by atoms with E-state index in [0.717, 1.165) is 17.3 Å². The summed E-state index contributed by atoms with van der Waals surface area (Å²) in [7, 11) is 0. The summed E-state index contributed by atoms with van der Waals surface area (Å²) in [5.74, 6) is 0.371. The van der Waals surface area contributed by atoms with Crippen LogP contribution < -0.4 is 5.73 Å². The zero-order valence-electron chi connectivity index (χ0n) is 8.12. The maximum atomic E-state index is 8.75. The lowest BCUT2D eigenvalue weighted by Crippen LogP contribution is -2.12. The van der Waals surface area contributed by atoms with Crippen LogP contribution in [0.2, 0.25) is 0 Å². The van der Waals surface area contributed by atoms with Crippen LogP contribution in [0.4, 0.5) is 0 Å². The average molecular weight is 258 g/mol. The van der Waals surface area contributed by atoms with Gasteiger partial charge in [0.2, 0.25) is 0 Å². The van der Waals surface area contributed by atoms with Crippen molar-refractivity contribution in [1.82, 2.24) is 0 Å². The predicted molar refractivity (Wildman–Crippen MR) is 62.3 cm³/mol. The normalized spacial score (nSPS) is 12.8. The van der Waals surface area contributed by atoms with E-state index in [-0.39, 0.29) is 6.61 Å². The summed E-state index contributed by atoms with van der Waals surface area (Å²) in [4.78, 5) is 0. The Morgan fingerprint density at radius 1 is 1.29 bits per heavy atom. The van der Waals surface area contributed by atoms with Crippen molar-refractivity contribution in [2.75, 3.05) is 13.2 Å². The van der Waals surface area contributed by atoms with Gasteiger partial charge in [-0.25, -0.2) is 0 Å². The van der Waals surface area contributed by atoms with Crippen molar-refractivity contribution < 1.29 is 5.11 Å². The fraction of sp³-hybridized carbons (Fsp3) is 0.455. The maximum absolute atomic E-state index is 8.75. The third-order valence-electron chi connectivity index (χ3n) is 2.34. The topological polar surface area (TPSA) is 46.2 Å². The number of rotatable bonds is 5. The molecule has 0 heterocycles. The standard InChI is InChI=1S/C11H16BrNO/c12-11-5-3-9(4-6-11)10(8-13)2-1-7-14/h3-6,10,14H,1-2,7-8,13H2. The fourth-order valence-electron chi connectivity index (χ4n) is 1.49. The lowest BCUT2D eigenvalue weighted by Gasteiger charge is -2.14. The molecule has 0 radical (unpaired) electrons. The second kappa shape index (κ2) is 6.17. The quantitative estimate of drug-likeness (QED) is 0.851. The molecule has 0 aliphatic carbocycles. The first-order chi connectivity index (χ1) is 6.77. The summed E-state index contributed by atoms with van der Waals surface area (Å²) >= 11 is 3.40. The van der Waals surface area contributed by atoms with Crippen molar-refractivity contribution in [2.24, 2.45) is 5.73 Å². The Kier molecular flexibility index (Phi) is 5.15. The molecule has 0 fully saturated rings. The molecule has 1 unspecified atom stereocenters. The summed E-state index contributed by atoms with van der Waals surface area (Å²) in [6.45, 7) is 0.884. The molecule has 0 aromatic heterocycles. The molecular formula is C11H16BrNO. The van der Waals surface area contributed by atoms with Crippen molar-refractivity contribution in [1.29, 1.82) is 0 Å². The third kappa shape index (κ3) is 3.40. The highest BCUT2D eigenvalue weighted by molar-refractivity contribution is 9.10. The van der Waals surface area contributed by atoms with Gasteiger partial charge in [-0.05, 0) is 43.0 Å². The summed E-state index contributed by atoms with van der Waals surface area (Å²) < 4.78 is 1.08. The van der Waals surface area contributed by atoms with Crippen molar-refractivity contribution in [2.45, 2.75) is 18.8 Å². The van der Waals surface area contributed by atoms with E-state index in [0.29, 0.717) is 12.5 Å². The van der Waals surface area contributed by atoms with E-state index in [9.17, 15) is 0 Å². The van der Waals surface area contributed by atoms with Gasteiger partial charge in [-0.15, -0.1) is 0 Å². The van der Waals surface area contributed by atoms with Gasteiger partial charge in [-0.1, -0.05) is 28.1 Å². The van der Waals surface area contributed by atoms with Gasteiger partial charge in [-0.3, -0.25) is 0 Å². The lowest BCUT2D eigenvalue weighted by molar-refractivity contribution is 0.280. The van der Waals surface area contributed by atoms with Gasteiger partial charge >= 0.3 is 0 Å². The van der Waals surface area contributed by atoms with E-state index in [1.54, 1.807) is 0 Å². The second-order valence-corrected chi connectivity index (χ2v) is 4.27. The van der Waals surface area contributed by atoms with E-state index in [4.69, 9.17) is 10.8 Å². The van der Waals surface area contributed by atoms with Crippen LogP contribution in [0.1, 0.15) is 24.3 Å². The third-order valence-corrected chi connectivity index (χ3v) is 2.87. The van der Waals surface area contributed by atoms with Crippen LogP contribution >= 0.6 is 15.9 Å². The maximum Gasteiger partial charge on any atom is 0.0431 e. The number of aliphatic hydroxyl groups is 1. The molecule has 3 N–H and O–H groups in total. The Hall–Kier alpha value is -0.380. The molecule has 1 atom stereocenters. The molecular weight excluding hydrogens is 242 g/mol. The minimum Gasteiger partial charge on any atom is -0.396 e. The van der Waals surface area contributed by atoms with Crippen LogP contribution in [0, 0.1) is 0 Å². The molecule has 78 valence electrons. The highest BCUT2D eigenvalue weighted by Gasteiger charge is 2.08. The van der Waals surface area contributed by atoms with E-state index < -0.39 is 0 Å². The first kappa shape index (κ1) is 11.7. The molecule has 0 saturated carbocycles. The number of hydrogen-bond acceptors (Lipinski definition) is 2. The number of aliphatic hydroxyl groups excluding tert-OH is 1. The summed E-state index contributed by atoms with van der Waals surface area (Å²) in [6, 6.07) is 8.21. The minimum atomic E-state index is 0.243. The van der Waals surface area contributed by atoms with Gasteiger partial charge in [-0.2, -0.15) is 0 Å². The van der Waals surface area contributed by atoms with E-state index in [1.165, 1.54) is 5.56 Å². The smallest absolute Gasteiger partial charge is 0.0431 e. The van der Waals surface area contributed by atoms with Gasteiger partial charge in [0.25, 0.3) is 0 Å². The summed E-state index contributed by atoms with van der Waals surface area (Å²) in [6.07, 6.45) is 1.77. The Balaban J connectivity index is 2.64. The molecule has 0 amide bonds. The van der Waals surface area contributed by atoms with E-state index in [1.807, 2.05) is 12.1 Å². The van der Waals surface area contributed by atoms with E-state index in [2.05, 4.69) is 28.1 Å². The molecule has 3 heteroatoms. The molecule has 0 bridgehead atoms. The molecule has 1 aromatic rings. The minimum absolute atomic E-state index is 0.243. The van der Waals surface area contributed by atoms with Crippen LogP contribution in [0.3, 0.4) is 0 Å².